The largest absolute Gasteiger partial charge is 0.346 e. The maximum absolute atomic E-state index is 13.4. The van der Waals surface area contributed by atoms with Crippen LogP contribution in [0.2, 0.25) is 0 Å². The van der Waals surface area contributed by atoms with E-state index in [-0.39, 0.29) is 17.8 Å². The molecule has 1 aromatic heterocycles. The molecule has 0 bridgehead atoms. The van der Waals surface area contributed by atoms with Gasteiger partial charge in [0.15, 0.2) is 11.6 Å². The first kappa shape index (κ1) is 23.0. The quantitative estimate of drug-likeness (QED) is 0.602. The second kappa shape index (κ2) is 9.79. The second-order valence-corrected chi connectivity index (χ2v) is 8.88. The molecule has 0 radical (unpaired) electrons. The van der Waals surface area contributed by atoms with Gasteiger partial charge in [0, 0.05) is 25.7 Å². The van der Waals surface area contributed by atoms with Crippen LogP contribution in [0.5, 0.6) is 0 Å². The molecule has 0 aliphatic carbocycles. The fraction of sp³-hybridized carbons (Fsp3) is 0.400. The van der Waals surface area contributed by atoms with Crippen molar-refractivity contribution in [2.24, 2.45) is 0 Å². The minimum Gasteiger partial charge on any atom is -0.346 e. The van der Waals surface area contributed by atoms with E-state index in [4.69, 9.17) is 0 Å². The number of halogens is 2. The Bertz CT molecular complexity index is 1140. The van der Waals surface area contributed by atoms with Crippen LogP contribution in [-0.4, -0.2) is 44.7 Å². The van der Waals surface area contributed by atoms with Gasteiger partial charge in [0.25, 0.3) is 5.91 Å². The number of aryl methyl sites for hydroxylation is 1. The Balaban J connectivity index is 1.36. The maximum Gasteiger partial charge on any atom is 0.291 e. The van der Waals surface area contributed by atoms with E-state index in [1.54, 1.807) is 10.7 Å². The van der Waals surface area contributed by atoms with Gasteiger partial charge >= 0.3 is 0 Å². The summed E-state index contributed by atoms with van der Waals surface area (Å²) in [4.78, 5) is 19.4. The van der Waals surface area contributed by atoms with Crippen LogP contribution in [0.3, 0.4) is 0 Å². The summed E-state index contributed by atoms with van der Waals surface area (Å²) >= 11 is 0. The molecule has 1 aliphatic rings. The molecule has 0 saturated carbocycles. The highest BCUT2D eigenvalue weighted by molar-refractivity contribution is 5.90. The van der Waals surface area contributed by atoms with Crippen molar-refractivity contribution in [2.75, 3.05) is 13.1 Å². The number of piperidine rings is 1. The number of carbonyl (C=O) groups excluding carboxylic acids is 1. The molecule has 3 aromatic rings. The smallest absolute Gasteiger partial charge is 0.291 e. The molecule has 2 heterocycles. The minimum absolute atomic E-state index is 0.0221. The summed E-state index contributed by atoms with van der Waals surface area (Å²) in [5.41, 5.74) is 2.82. The Labute approximate surface area is 192 Å². The van der Waals surface area contributed by atoms with E-state index in [2.05, 4.69) is 40.2 Å². The van der Waals surface area contributed by atoms with Crippen molar-refractivity contribution in [3.05, 3.63) is 76.9 Å². The number of carbonyl (C=O) groups is 1. The molecule has 8 heteroatoms. The summed E-state index contributed by atoms with van der Waals surface area (Å²) in [5.74, 6) is -0.798. The van der Waals surface area contributed by atoms with Gasteiger partial charge in [-0.15, -0.1) is 5.10 Å². The number of hydrogen-bond donors (Lipinski definition) is 1. The molecule has 0 unspecified atom stereocenters. The molecule has 1 amide bonds. The van der Waals surface area contributed by atoms with Crippen LogP contribution in [0.15, 0.2) is 42.5 Å². The number of amides is 1. The van der Waals surface area contributed by atoms with Crippen molar-refractivity contribution in [1.29, 1.82) is 0 Å². The Morgan fingerprint density at radius 3 is 2.55 bits per heavy atom. The van der Waals surface area contributed by atoms with Gasteiger partial charge in [-0.25, -0.2) is 18.4 Å². The zero-order valence-electron chi connectivity index (χ0n) is 19.2. The molecule has 0 atom stereocenters. The van der Waals surface area contributed by atoms with E-state index in [0.29, 0.717) is 18.3 Å². The fourth-order valence-corrected chi connectivity index (χ4v) is 4.26. The molecule has 6 nitrogen and oxygen atoms in total. The maximum atomic E-state index is 13.4. The van der Waals surface area contributed by atoms with Gasteiger partial charge < -0.3 is 5.32 Å². The first-order valence-electron chi connectivity index (χ1n) is 11.3. The van der Waals surface area contributed by atoms with Crippen molar-refractivity contribution in [2.45, 2.75) is 52.1 Å². The Morgan fingerprint density at radius 2 is 1.85 bits per heavy atom. The summed E-state index contributed by atoms with van der Waals surface area (Å²) in [6.07, 6.45) is 1.54. The van der Waals surface area contributed by atoms with Crippen LogP contribution in [0.1, 0.15) is 60.2 Å². The van der Waals surface area contributed by atoms with E-state index >= 15 is 0 Å². The lowest BCUT2D eigenvalue weighted by atomic mass is 10.0. The Morgan fingerprint density at radius 1 is 1.12 bits per heavy atom. The van der Waals surface area contributed by atoms with E-state index in [1.165, 1.54) is 6.07 Å². The number of nitrogens with one attached hydrogen (secondary N) is 1. The SMILES string of the molecule is Cc1nc(C(=O)NC2CCN(Cc3ccc(F)c(F)c3)CC2)nn1-c1ccccc1C(C)C. The van der Waals surface area contributed by atoms with Gasteiger partial charge in [-0.2, -0.15) is 0 Å². The summed E-state index contributed by atoms with van der Waals surface area (Å²) in [6.45, 7) is 8.16. The standard InChI is InChI=1S/C25H29F2N5O/c1-16(2)20-6-4-5-7-23(20)32-17(3)28-24(30-32)25(33)29-19-10-12-31(13-11-19)15-18-8-9-21(26)22(27)14-18/h4-9,14,16,19H,10-13,15H2,1-3H3,(H,29,33). The number of nitrogens with zero attached hydrogens (tertiary/aromatic N) is 4. The van der Waals surface area contributed by atoms with Crippen LogP contribution in [0, 0.1) is 18.6 Å². The van der Waals surface area contributed by atoms with Gasteiger partial charge in [0.2, 0.25) is 5.82 Å². The summed E-state index contributed by atoms with van der Waals surface area (Å²) in [6, 6.07) is 12.0. The molecule has 4 rings (SSSR count). The van der Waals surface area contributed by atoms with Crippen LogP contribution in [0.25, 0.3) is 5.69 Å². The lowest BCUT2D eigenvalue weighted by Crippen LogP contribution is -2.44. The third-order valence-electron chi connectivity index (χ3n) is 6.07. The lowest BCUT2D eigenvalue weighted by molar-refractivity contribution is 0.0898. The number of benzene rings is 2. The molecule has 33 heavy (non-hydrogen) atoms. The summed E-state index contributed by atoms with van der Waals surface area (Å²) in [5, 5.41) is 7.54. The fourth-order valence-electron chi connectivity index (χ4n) is 4.26. The predicted molar refractivity (Wildman–Crippen MR) is 122 cm³/mol. The van der Waals surface area contributed by atoms with Gasteiger partial charge in [0.05, 0.1) is 5.69 Å². The van der Waals surface area contributed by atoms with Crippen LogP contribution in [0.4, 0.5) is 8.78 Å². The number of rotatable bonds is 6. The highest BCUT2D eigenvalue weighted by Gasteiger charge is 2.24. The molecule has 1 fully saturated rings. The topological polar surface area (TPSA) is 63.1 Å². The van der Waals surface area contributed by atoms with Crippen molar-refractivity contribution in [1.82, 2.24) is 25.0 Å². The molecule has 1 saturated heterocycles. The normalized spacial score (nSPS) is 15.2. The highest BCUT2D eigenvalue weighted by atomic mass is 19.2. The van der Waals surface area contributed by atoms with Crippen LogP contribution < -0.4 is 5.32 Å². The number of aromatic nitrogens is 3. The van der Waals surface area contributed by atoms with Crippen LogP contribution in [-0.2, 0) is 6.54 Å². The zero-order valence-corrected chi connectivity index (χ0v) is 19.2. The molecular formula is C25H29F2N5O. The predicted octanol–water partition coefficient (Wildman–Crippen LogP) is 4.37. The molecule has 1 N–H and O–H groups in total. The van der Waals surface area contributed by atoms with E-state index < -0.39 is 11.6 Å². The summed E-state index contributed by atoms with van der Waals surface area (Å²) < 4.78 is 28.3. The Hall–Kier alpha value is -3.13. The van der Waals surface area contributed by atoms with Crippen molar-refractivity contribution in [3.63, 3.8) is 0 Å². The molecule has 174 valence electrons. The second-order valence-electron chi connectivity index (χ2n) is 8.88. The average molecular weight is 454 g/mol. The third kappa shape index (κ3) is 5.27. The van der Waals surface area contributed by atoms with E-state index in [9.17, 15) is 13.6 Å². The van der Waals surface area contributed by atoms with Gasteiger partial charge in [-0.05, 0) is 55.0 Å². The molecule has 0 spiro atoms. The van der Waals surface area contributed by atoms with E-state index in [1.807, 2.05) is 25.1 Å². The lowest BCUT2D eigenvalue weighted by Gasteiger charge is -2.32. The van der Waals surface area contributed by atoms with Gasteiger partial charge in [0.1, 0.15) is 5.82 Å². The van der Waals surface area contributed by atoms with Gasteiger partial charge in [-0.3, -0.25) is 9.69 Å². The number of hydrogen-bond acceptors (Lipinski definition) is 4. The van der Waals surface area contributed by atoms with E-state index in [0.717, 1.165) is 48.8 Å². The van der Waals surface area contributed by atoms with Crippen molar-refractivity contribution < 1.29 is 13.6 Å². The monoisotopic (exact) mass is 453 g/mol. The molecular weight excluding hydrogens is 424 g/mol. The number of para-hydroxylation sites is 1. The average Bonchev–Trinajstić information content (AvgIpc) is 3.19. The first-order valence-corrected chi connectivity index (χ1v) is 11.3. The third-order valence-corrected chi connectivity index (χ3v) is 6.07. The van der Waals surface area contributed by atoms with Crippen molar-refractivity contribution >= 4 is 5.91 Å². The number of likely N-dealkylation sites (tertiary alicyclic amines) is 1. The molecule has 1 aliphatic heterocycles. The van der Waals surface area contributed by atoms with Crippen molar-refractivity contribution in [3.8, 4) is 5.69 Å². The highest BCUT2D eigenvalue weighted by Crippen LogP contribution is 2.23. The summed E-state index contributed by atoms with van der Waals surface area (Å²) in [7, 11) is 0. The zero-order chi connectivity index (χ0) is 23.5. The Kier molecular flexibility index (Phi) is 6.83. The van der Waals surface area contributed by atoms with Gasteiger partial charge in [-0.1, -0.05) is 38.1 Å². The molecule has 2 aromatic carbocycles. The minimum atomic E-state index is -0.834. The first-order chi connectivity index (χ1) is 15.8. The van der Waals surface area contributed by atoms with Crippen LogP contribution >= 0.6 is 0 Å².